The SMILES string of the molecule is Cc1cc2nc(C(F)(F)F)c(=O)n([C@H](C)C(=O)NCc3cccnc3)c2cc1C. The number of nitrogens with zero attached hydrogens (tertiary/aromatic N) is 3. The zero-order valence-electron chi connectivity index (χ0n) is 16.0. The predicted molar refractivity (Wildman–Crippen MR) is 101 cm³/mol. The number of alkyl halides is 3. The molecule has 2 heterocycles. The number of rotatable bonds is 4. The minimum Gasteiger partial charge on any atom is -0.350 e. The Hall–Kier alpha value is -3.23. The van der Waals surface area contributed by atoms with Gasteiger partial charge >= 0.3 is 6.18 Å². The van der Waals surface area contributed by atoms with Gasteiger partial charge in [-0.2, -0.15) is 13.2 Å². The number of hydrogen-bond donors (Lipinski definition) is 1. The second-order valence-corrected chi connectivity index (χ2v) is 6.81. The molecule has 0 fully saturated rings. The van der Waals surface area contributed by atoms with Gasteiger partial charge in [0.05, 0.1) is 11.0 Å². The summed E-state index contributed by atoms with van der Waals surface area (Å²) in [7, 11) is 0. The molecule has 6 nitrogen and oxygen atoms in total. The summed E-state index contributed by atoms with van der Waals surface area (Å²) in [6, 6.07) is 5.33. The molecule has 0 saturated carbocycles. The van der Waals surface area contributed by atoms with Crippen molar-refractivity contribution in [1.29, 1.82) is 0 Å². The summed E-state index contributed by atoms with van der Waals surface area (Å²) >= 11 is 0. The van der Waals surface area contributed by atoms with Crippen LogP contribution in [0.15, 0.2) is 41.5 Å². The minimum atomic E-state index is -4.93. The molecule has 0 saturated heterocycles. The van der Waals surface area contributed by atoms with E-state index >= 15 is 0 Å². The highest BCUT2D eigenvalue weighted by Gasteiger charge is 2.38. The molecule has 0 unspecified atom stereocenters. The molecule has 3 rings (SSSR count). The first-order valence-electron chi connectivity index (χ1n) is 8.87. The van der Waals surface area contributed by atoms with Crippen molar-refractivity contribution >= 4 is 16.9 Å². The van der Waals surface area contributed by atoms with E-state index in [4.69, 9.17) is 0 Å². The van der Waals surface area contributed by atoms with Gasteiger partial charge in [-0.25, -0.2) is 4.98 Å². The van der Waals surface area contributed by atoms with Gasteiger partial charge in [0.25, 0.3) is 5.56 Å². The summed E-state index contributed by atoms with van der Waals surface area (Å²) < 4.78 is 41.0. The van der Waals surface area contributed by atoms with Crippen molar-refractivity contribution in [2.24, 2.45) is 0 Å². The maximum absolute atomic E-state index is 13.4. The molecular weight excluding hydrogens is 385 g/mol. The van der Waals surface area contributed by atoms with Crippen LogP contribution in [0.4, 0.5) is 13.2 Å². The van der Waals surface area contributed by atoms with Gasteiger partial charge in [0.15, 0.2) is 0 Å². The average Bonchev–Trinajstić information content (AvgIpc) is 2.66. The van der Waals surface area contributed by atoms with Crippen molar-refractivity contribution in [3.05, 3.63) is 69.4 Å². The molecule has 0 aliphatic rings. The van der Waals surface area contributed by atoms with Crippen molar-refractivity contribution in [1.82, 2.24) is 19.9 Å². The van der Waals surface area contributed by atoms with Gasteiger partial charge < -0.3 is 5.32 Å². The molecule has 0 aliphatic heterocycles. The molecule has 1 N–H and O–H groups in total. The number of amides is 1. The summed E-state index contributed by atoms with van der Waals surface area (Å²) in [5.41, 5.74) is -0.478. The van der Waals surface area contributed by atoms with E-state index in [0.29, 0.717) is 0 Å². The second kappa shape index (κ2) is 7.65. The summed E-state index contributed by atoms with van der Waals surface area (Å²) in [4.78, 5) is 32.8. The fourth-order valence-electron chi connectivity index (χ4n) is 2.99. The van der Waals surface area contributed by atoms with Crippen LogP contribution in [0.3, 0.4) is 0 Å². The molecular formula is C20H19F3N4O2. The zero-order valence-corrected chi connectivity index (χ0v) is 16.0. The van der Waals surface area contributed by atoms with Crippen molar-refractivity contribution in [3.63, 3.8) is 0 Å². The lowest BCUT2D eigenvalue weighted by Gasteiger charge is -2.20. The monoisotopic (exact) mass is 404 g/mol. The summed E-state index contributed by atoms with van der Waals surface area (Å²) in [6.07, 6.45) is -1.79. The Kier molecular flexibility index (Phi) is 5.41. The molecule has 9 heteroatoms. The van der Waals surface area contributed by atoms with E-state index in [-0.39, 0.29) is 17.6 Å². The van der Waals surface area contributed by atoms with Crippen LogP contribution in [0.1, 0.15) is 35.3 Å². The van der Waals surface area contributed by atoms with Crippen LogP contribution in [-0.2, 0) is 17.5 Å². The smallest absolute Gasteiger partial charge is 0.350 e. The third-order valence-corrected chi connectivity index (χ3v) is 4.73. The van der Waals surface area contributed by atoms with Crippen LogP contribution >= 0.6 is 0 Å². The quantitative estimate of drug-likeness (QED) is 0.724. The number of aryl methyl sites for hydroxylation is 2. The Labute approximate surface area is 164 Å². The Bertz CT molecular complexity index is 1120. The molecule has 2 aromatic heterocycles. The van der Waals surface area contributed by atoms with E-state index in [1.54, 1.807) is 44.4 Å². The van der Waals surface area contributed by atoms with Gasteiger partial charge in [-0.05, 0) is 55.7 Å². The van der Waals surface area contributed by atoms with E-state index in [1.165, 1.54) is 13.0 Å². The molecule has 1 aromatic carbocycles. The molecule has 0 aliphatic carbocycles. The van der Waals surface area contributed by atoms with Gasteiger partial charge in [0, 0.05) is 18.9 Å². The zero-order chi connectivity index (χ0) is 21.3. The van der Waals surface area contributed by atoms with Crippen molar-refractivity contribution < 1.29 is 18.0 Å². The number of carbonyl (C=O) groups excluding carboxylic acids is 1. The van der Waals surface area contributed by atoms with Gasteiger partial charge in [0.1, 0.15) is 6.04 Å². The van der Waals surface area contributed by atoms with Crippen LogP contribution in [0.5, 0.6) is 0 Å². The topological polar surface area (TPSA) is 76.9 Å². The van der Waals surface area contributed by atoms with E-state index in [1.807, 2.05) is 0 Å². The lowest BCUT2D eigenvalue weighted by molar-refractivity contribution is -0.142. The van der Waals surface area contributed by atoms with E-state index in [0.717, 1.165) is 21.3 Å². The van der Waals surface area contributed by atoms with Gasteiger partial charge in [0.2, 0.25) is 11.6 Å². The Morgan fingerprint density at radius 2 is 1.93 bits per heavy atom. The molecule has 0 radical (unpaired) electrons. The summed E-state index contributed by atoms with van der Waals surface area (Å²) in [5.74, 6) is -0.588. The molecule has 0 bridgehead atoms. The van der Waals surface area contributed by atoms with Crippen molar-refractivity contribution in [2.45, 2.75) is 39.5 Å². The molecule has 1 atom stereocenters. The number of aromatic nitrogens is 3. The first-order chi connectivity index (χ1) is 13.6. The molecule has 152 valence electrons. The third kappa shape index (κ3) is 4.13. The lowest BCUT2D eigenvalue weighted by atomic mass is 10.1. The maximum atomic E-state index is 13.4. The first kappa shape index (κ1) is 20.5. The van der Waals surface area contributed by atoms with Crippen LogP contribution in [-0.4, -0.2) is 20.4 Å². The van der Waals surface area contributed by atoms with E-state index in [9.17, 15) is 22.8 Å². The number of nitrogens with one attached hydrogen (secondary N) is 1. The Morgan fingerprint density at radius 1 is 1.24 bits per heavy atom. The molecule has 29 heavy (non-hydrogen) atoms. The molecule has 1 amide bonds. The van der Waals surface area contributed by atoms with Crippen LogP contribution in [0, 0.1) is 13.8 Å². The number of carbonyl (C=O) groups is 1. The average molecular weight is 404 g/mol. The largest absolute Gasteiger partial charge is 0.438 e. The molecule has 0 spiro atoms. The summed E-state index contributed by atoms with van der Waals surface area (Å²) in [6.45, 7) is 5.03. The van der Waals surface area contributed by atoms with Crippen LogP contribution < -0.4 is 10.9 Å². The normalized spacial score (nSPS) is 12.8. The van der Waals surface area contributed by atoms with E-state index < -0.39 is 29.4 Å². The van der Waals surface area contributed by atoms with Crippen molar-refractivity contribution in [3.8, 4) is 0 Å². The van der Waals surface area contributed by atoms with Gasteiger partial charge in [-0.1, -0.05) is 6.07 Å². The first-order valence-corrected chi connectivity index (χ1v) is 8.87. The Morgan fingerprint density at radius 3 is 2.55 bits per heavy atom. The van der Waals surface area contributed by atoms with E-state index in [2.05, 4.69) is 15.3 Å². The fourth-order valence-corrected chi connectivity index (χ4v) is 2.99. The number of pyridine rings is 1. The highest BCUT2D eigenvalue weighted by Crippen LogP contribution is 2.28. The van der Waals surface area contributed by atoms with Crippen LogP contribution in [0.25, 0.3) is 11.0 Å². The molecule has 3 aromatic rings. The van der Waals surface area contributed by atoms with Gasteiger partial charge in [-0.3, -0.25) is 19.1 Å². The standard InChI is InChI=1S/C20H19F3N4O2/c1-11-7-15-16(8-12(11)2)27(19(29)17(26-15)20(21,22)23)13(3)18(28)25-10-14-5-4-6-24-9-14/h4-9,13H,10H2,1-3H3,(H,25,28)/t13-/m1/s1. The highest BCUT2D eigenvalue weighted by molar-refractivity contribution is 5.84. The number of halogens is 3. The lowest BCUT2D eigenvalue weighted by Crippen LogP contribution is -2.39. The summed E-state index contributed by atoms with van der Waals surface area (Å²) in [5, 5.41) is 2.63. The maximum Gasteiger partial charge on any atom is 0.438 e. The van der Waals surface area contributed by atoms with Gasteiger partial charge in [-0.15, -0.1) is 0 Å². The number of hydrogen-bond acceptors (Lipinski definition) is 4. The third-order valence-electron chi connectivity index (χ3n) is 4.73. The Balaban J connectivity index is 2.08. The second-order valence-electron chi connectivity index (χ2n) is 6.81. The fraction of sp³-hybridized carbons (Fsp3) is 0.300. The van der Waals surface area contributed by atoms with Crippen molar-refractivity contribution in [2.75, 3.05) is 0 Å². The predicted octanol–water partition coefficient (Wildman–Crippen LogP) is 3.30. The highest BCUT2D eigenvalue weighted by atomic mass is 19.4. The van der Waals surface area contributed by atoms with Crippen LogP contribution in [0.2, 0.25) is 0 Å². The number of benzene rings is 1. The minimum absolute atomic E-state index is 0.00642. The number of fused-ring (bicyclic) bond motifs is 1.